The van der Waals surface area contributed by atoms with Crippen LogP contribution >= 0.6 is 0 Å². The maximum Gasteiger partial charge on any atom is 0.230 e. The highest BCUT2D eigenvalue weighted by atomic mass is 16.2. The van der Waals surface area contributed by atoms with Gasteiger partial charge in [-0.05, 0) is 48.9 Å². The van der Waals surface area contributed by atoms with E-state index in [1.807, 2.05) is 47.4 Å². The van der Waals surface area contributed by atoms with Gasteiger partial charge in [0.2, 0.25) is 11.8 Å². The van der Waals surface area contributed by atoms with Crippen LogP contribution in [-0.2, 0) is 22.6 Å². The average molecular weight is 377 g/mol. The lowest BCUT2D eigenvalue weighted by Crippen LogP contribution is -2.35. The van der Waals surface area contributed by atoms with Crippen LogP contribution in [0.3, 0.4) is 0 Å². The normalized spacial score (nSPS) is 16.7. The fraction of sp³-hybridized carbons (Fsp3) is 0.417. The summed E-state index contributed by atoms with van der Waals surface area (Å²) in [5.74, 6) is 0.392. The Hall–Kier alpha value is -2.62. The maximum absolute atomic E-state index is 13.3. The summed E-state index contributed by atoms with van der Waals surface area (Å²) in [7, 11) is 0. The molecule has 146 valence electrons. The van der Waals surface area contributed by atoms with Crippen molar-refractivity contribution in [2.45, 2.75) is 57.5 Å². The first-order valence-corrected chi connectivity index (χ1v) is 10.4. The second-order valence-electron chi connectivity index (χ2n) is 8.08. The van der Waals surface area contributed by atoms with Crippen LogP contribution in [-0.4, -0.2) is 17.9 Å². The third kappa shape index (κ3) is 4.80. The predicted molar refractivity (Wildman–Crippen MR) is 111 cm³/mol. The van der Waals surface area contributed by atoms with Crippen LogP contribution < -0.4 is 10.2 Å². The van der Waals surface area contributed by atoms with Crippen LogP contribution in [0.2, 0.25) is 0 Å². The van der Waals surface area contributed by atoms with Crippen LogP contribution in [0.15, 0.2) is 54.6 Å². The summed E-state index contributed by atoms with van der Waals surface area (Å²) in [6, 6.07) is 18.4. The molecule has 0 unspecified atom stereocenters. The first kappa shape index (κ1) is 18.7. The number of hydrogen-bond donors (Lipinski definition) is 1. The molecule has 2 amide bonds. The Morgan fingerprint density at radius 1 is 0.893 bits per heavy atom. The van der Waals surface area contributed by atoms with E-state index in [0.29, 0.717) is 19.0 Å². The molecule has 4 nitrogen and oxygen atoms in total. The summed E-state index contributed by atoms with van der Waals surface area (Å²) >= 11 is 0. The molecule has 4 heteroatoms. The zero-order chi connectivity index (χ0) is 19.3. The smallest absolute Gasteiger partial charge is 0.230 e. The SMILES string of the molecule is O=C(Cc1cccc(N(Cc2ccccc2)C(=O)C2CCCC2)c1)NC1CC1. The molecular weight excluding hydrogens is 348 g/mol. The molecule has 0 atom stereocenters. The molecule has 2 fully saturated rings. The largest absolute Gasteiger partial charge is 0.353 e. The molecule has 0 aromatic heterocycles. The first-order valence-electron chi connectivity index (χ1n) is 10.4. The van der Waals surface area contributed by atoms with Crippen LogP contribution in [0.25, 0.3) is 0 Å². The van der Waals surface area contributed by atoms with Crippen molar-refractivity contribution >= 4 is 17.5 Å². The lowest BCUT2D eigenvalue weighted by atomic mass is 10.0. The van der Waals surface area contributed by atoms with Crippen molar-refractivity contribution in [2.24, 2.45) is 5.92 Å². The van der Waals surface area contributed by atoms with Gasteiger partial charge in [-0.3, -0.25) is 9.59 Å². The number of amides is 2. The first-order chi connectivity index (χ1) is 13.7. The summed E-state index contributed by atoms with van der Waals surface area (Å²) in [5.41, 5.74) is 2.95. The number of nitrogens with zero attached hydrogens (tertiary/aromatic N) is 1. The highest BCUT2D eigenvalue weighted by Gasteiger charge is 2.28. The van der Waals surface area contributed by atoms with Crippen molar-refractivity contribution in [3.8, 4) is 0 Å². The summed E-state index contributed by atoms with van der Waals surface area (Å²) in [5, 5.41) is 3.04. The van der Waals surface area contributed by atoms with Crippen molar-refractivity contribution < 1.29 is 9.59 Å². The molecule has 0 bridgehead atoms. The molecule has 1 N–H and O–H groups in total. The van der Waals surface area contributed by atoms with E-state index in [9.17, 15) is 9.59 Å². The van der Waals surface area contributed by atoms with Gasteiger partial charge in [-0.25, -0.2) is 0 Å². The van der Waals surface area contributed by atoms with Crippen molar-refractivity contribution in [1.29, 1.82) is 0 Å². The number of carbonyl (C=O) groups is 2. The molecule has 2 aliphatic carbocycles. The van der Waals surface area contributed by atoms with Gasteiger partial charge in [0.25, 0.3) is 0 Å². The molecular formula is C24H28N2O2. The highest BCUT2D eigenvalue weighted by molar-refractivity contribution is 5.95. The zero-order valence-corrected chi connectivity index (χ0v) is 16.3. The number of anilines is 1. The van der Waals surface area contributed by atoms with Crippen molar-refractivity contribution in [1.82, 2.24) is 5.32 Å². The van der Waals surface area contributed by atoms with Crippen molar-refractivity contribution in [2.75, 3.05) is 4.90 Å². The highest BCUT2D eigenvalue weighted by Crippen LogP contribution is 2.30. The number of nitrogens with one attached hydrogen (secondary N) is 1. The molecule has 2 aromatic carbocycles. The second kappa shape index (κ2) is 8.59. The van der Waals surface area contributed by atoms with Crippen LogP contribution in [0.1, 0.15) is 49.7 Å². The van der Waals surface area contributed by atoms with Gasteiger partial charge in [0.05, 0.1) is 13.0 Å². The standard InChI is InChI=1S/C24H28N2O2/c27-23(25-21-13-14-21)16-19-9-6-12-22(15-19)26(17-18-7-2-1-3-8-18)24(28)20-10-4-5-11-20/h1-3,6-9,12,15,20-21H,4-5,10-11,13-14,16-17H2,(H,25,27). The Morgan fingerprint density at radius 3 is 2.32 bits per heavy atom. The molecule has 0 heterocycles. The van der Waals surface area contributed by atoms with Crippen LogP contribution in [0.5, 0.6) is 0 Å². The fourth-order valence-corrected chi connectivity index (χ4v) is 3.98. The van der Waals surface area contributed by atoms with Gasteiger partial charge in [0, 0.05) is 17.6 Å². The summed E-state index contributed by atoms with van der Waals surface area (Å²) in [4.78, 5) is 27.4. The van der Waals surface area contributed by atoms with Gasteiger partial charge >= 0.3 is 0 Å². The lowest BCUT2D eigenvalue weighted by molar-refractivity contribution is -0.122. The Kier molecular flexibility index (Phi) is 5.75. The van der Waals surface area contributed by atoms with Crippen LogP contribution in [0.4, 0.5) is 5.69 Å². The van der Waals surface area contributed by atoms with Gasteiger partial charge in [0.15, 0.2) is 0 Å². The predicted octanol–water partition coefficient (Wildman–Crippen LogP) is 4.23. The number of rotatable bonds is 7. The molecule has 4 rings (SSSR count). The minimum atomic E-state index is 0.0661. The van der Waals surface area contributed by atoms with Gasteiger partial charge in [-0.15, -0.1) is 0 Å². The molecule has 0 saturated heterocycles. The Morgan fingerprint density at radius 2 is 1.61 bits per heavy atom. The molecule has 0 aliphatic heterocycles. The van der Waals surface area contributed by atoms with Gasteiger partial charge in [-0.1, -0.05) is 55.3 Å². The monoisotopic (exact) mass is 376 g/mol. The van der Waals surface area contributed by atoms with Crippen molar-refractivity contribution in [3.05, 3.63) is 65.7 Å². The van der Waals surface area contributed by atoms with E-state index in [1.54, 1.807) is 0 Å². The summed E-state index contributed by atoms with van der Waals surface area (Å²) in [6.45, 7) is 0.563. The fourth-order valence-electron chi connectivity index (χ4n) is 3.98. The Bertz CT molecular complexity index is 824. The van der Waals surface area contributed by atoms with Gasteiger partial charge < -0.3 is 10.2 Å². The number of benzene rings is 2. The van der Waals surface area contributed by atoms with E-state index in [4.69, 9.17) is 0 Å². The van der Waals surface area contributed by atoms with Gasteiger partial charge in [0.1, 0.15) is 0 Å². The second-order valence-corrected chi connectivity index (χ2v) is 8.08. The van der Waals surface area contributed by atoms with Crippen molar-refractivity contribution in [3.63, 3.8) is 0 Å². The number of hydrogen-bond acceptors (Lipinski definition) is 2. The van der Waals surface area contributed by atoms with E-state index >= 15 is 0 Å². The third-order valence-corrected chi connectivity index (χ3v) is 5.68. The minimum Gasteiger partial charge on any atom is -0.353 e. The van der Waals surface area contributed by atoms with E-state index in [0.717, 1.165) is 55.3 Å². The van der Waals surface area contributed by atoms with E-state index < -0.39 is 0 Å². The maximum atomic E-state index is 13.3. The van der Waals surface area contributed by atoms with E-state index in [2.05, 4.69) is 17.4 Å². The Labute approximate surface area is 166 Å². The van der Waals surface area contributed by atoms with E-state index in [-0.39, 0.29) is 17.7 Å². The molecule has 28 heavy (non-hydrogen) atoms. The lowest BCUT2D eigenvalue weighted by Gasteiger charge is -2.26. The molecule has 0 radical (unpaired) electrons. The zero-order valence-electron chi connectivity index (χ0n) is 16.3. The molecule has 2 saturated carbocycles. The van der Waals surface area contributed by atoms with Gasteiger partial charge in [-0.2, -0.15) is 0 Å². The summed E-state index contributed by atoms with van der Waals surface area (Å²) in [6.07, 6.45) is 6.77. The number of carbonyl (C=O) groups excluding carboxylic acids is 2. The molecule has 2 aromatic rings. The van der Waals surface area contributed by atoms with Crippen LogP contribution in [0, 0.1) is 5.92 Å². The van der Waals surface area contributed by atoms with E-state index in [1.165, 1.54) is 0 Å². The third-order valence-electron chi connectivity index (χ3n) is 5.68. The summed E-state index contributed by atoms with van der Waals surface area (Å²) < 4.78 is 0. The average Bonchev–Trinajstić information content (AvgIpc) is 3.34. The molecule has 0 spiro atoms. The molecule has 2 aliphatic rings. The topological polar surface area (TPSA) is 49.4 Å². The Balaban J connectivity index is 1.55. The quantitative estimate of drug-likeness (QED) is 0.786. The minimum absolute atomic E-state index is 0.0661.